The number of hydrogen-bond acceptors (Lipinski definition) is 13. The minimum atomic E-state index is -1.78. The van der Waals surface area contributed by atoms with Crippen LogP contribution in [-0.2, 0) is 23.7 Å². The van der Waals surface area contributed by atoms with Crippen molar-refractivity contribution in [3.8, 4) is 0 Å². The van der Waals surface area contributed by atoms with Crippen LogP contribution >= 0.6 is 0 Å². The van der Waals surface area contributed by atoms with Crippen molar-refractivity contribution in [1.82, 2.24) is 5.32 Å². The molecule has 0 aromatic heterocycles. The minimum absolute atomic E-state index is 0.199. The van der Waals surface area contributed by atoms with E-state index in [1.54, 1.807) is 0 Å². The maximum Gasteiger partial charge on any atom is 0.220 e. The van der Waals surface area contributed by atoms with E-state index in [2.05, 4.69) is 19.2 Å². The fraction of sp³-hybridized carbons (Fsp3) is 0.985. The van der Waals surface area contributed by atoms with Crippen LogP contribution in [0.4, 0.5) is 0 Å². The van der Waals surface area contributed by atoms with E-state index in [-0.39, 0.29) is 12.5 Å². The van der Waals surface area contributed by atoms with Crippen LogP contribution in [0.15, 0.2) is 0 Å². The van der Waals surface area contributed by atoms with Crippen molar-refractivity contribution < 1.29 is 64.6 Å². The average Bonchev–Trinajstić information content (AvgIpc) is 3.47. The summed E-state index contributed by atoms with van der Waals surface area (Å²) in [4.78, 5) is 13.3. The second-order valence-corrected chi connectivity index (χ2v) is 25.0. The van der Waals surface area contributed by atoms with Gasteiger partial charge in [-0.05, 0) is 12.8 Å². The number of unbranched alkanes of at least 4 members (excludes halogenated alkanes) is 45. The summed E-state index contributed by atoms with van der Waals surface area (Å²) < 4.78 is 22.9. The Morgan fingerprint density at radius 3 is 1.05 bits per heavy atom. The minimum Gasteiger partial charge on any atom is -0.394 e. The molecule has 2 aliphatic rings. The van der Waals surface area contributed by atoms with Crippen LogP contribution in [0, 0.1) is 0 Å². The summed E-state index contributed by atoms with van der Waals surface area (Å²) in [7, 11) is 0. The Morgan fingerprint density at radius 2 is 0.704 bits per heavy atom. The number of rotatable bonds is 58. The van der Waals surface area contributed by atoms with Gasteiger partial charge in [0, 0.05) is 6.42 Å². The van der Waals surface area contributed by atoms with Gasteiger partial charge in [0.25, 0.3) is 0 Å². The molecule has 0 saturated carbocycles. The number of ether oxygens (including phenoxy) is 4. The predicted octanol–water partition coefficient (Wildman–Crippen LogP) is 13.6. The lowest BCUT2D eigenvalue weighted by Gasteiger charge is -2.46. The number of carbonyl (C=O) groups excluding carboxylic acids is 1. The molecule has 1 amide bonds. The van der Waals surface area contributed by atoms with Gasteiger partial charge in [0.2, 0.25) is 5.91 Å². The van der Waals surface area contributed by atoms with Crippen molar-refractivity contribution >= 4 is 5.91 Å². The van der Waals surface area contributed by atoms with E-state index in [1.165, 1.54) is 250 Å². The molecule has 2 saturated heterocycles. The zero-order valence-electron chi connectivity index (χ0n) is 52.3. The molecule has 2 aliphatic heterocycles. The Labute approximate surface area is 495 Å². The van der Waals surface area contributed by atoms with Gasteiger partial charge < -0.3 is 65.1 Å². The van der Waals surface area contributed by atoms with Crippen LogP contribution in [0.2, 0.25) is 0 Å². The molecule has 9 N–H and O–H groups in total. The van der Waals surface area contributed by atoms with Crippen molar-refractivity contribution in [1.29, 1.82) is 0 Å². The van der Waals surface area contributed by atoms with Gasteiger partial charge in [-0.3, -0.25) is 4.79 Å². The second kappa shape index (κ2) is 53.2. The van der Waals surface area contributed by atoms with Gasteiger partial charge in [-0.25, -0.2) is 0 Å². The number of aliphatic hydroxyl groups excluding tert-OH is 8. The zero-order chi connectivity index (χ0) is 58.8. The first-order valence-corrected chi connectivity index (χ1v) is 34.8. The Bertz CT molecular complexity index is 1360. The van der Waals surface area contributed by atoms with Gasteiger partial charge in [-0.15, -0.1) is 0 Å². The molecule has 12 unspecified atom stereocenters. The second-order valence-electron chi connectivity index (χ2n) is 25.0. The molecule has 482 valence electrons. The largest absolute Gasteiger partial charge is 0.394 e. The van der Waals surface area contributed by atoms with E-state index in [0.29, 0.717) is 12.8 Å². The van der Waals surface area contributed by atoms with E-state index in [4.69, 9.17) is 18.9 Å². The Kier molecular flexibility index (Phi) is 50.0. The molecule has 0 aromatic rings. The van der Waals surface area contributed by atoms with Crippen molar-refractivity contribution in [2.45, 2.75) is 402 Å². The first-order valence-electron chi connectivity index (χ1n) is 34.8. The van der Waals surface area contributed by atoms with Crippen LogP contribution < -0.4 is 5.32 Å². The Morgan fingerprint density at radius 1 is 0.395 bits per heavy atom. The van der Waals surface area contributed by atoms with Gasteiger partial charge in [0.05, 0.1) is 32.0 Å². The molecule has 81 heavy (non-hydrogen) atoms. The number of hydrogen-bond donors (Lipinski definition) is 9. The van der Waals surface area contributed by atoms with E-state index in [1.807, 2.05) is 0 Å². The Balaban J connectivity index is 1.62. The highest BCUT2D eigenvalue weighted by Crippen LogP contribution is 2.30. The van der Waals surface area contributed by atoms with Crippen LogP contribution in [0.25, 0.3) is 0 Å². The summed E-state index contributed by atoms with van der Waals surface area (Å²) in [5, 5.41) is 87.5. The molecule has 2 heterocycles. The third-order valence-electron chi connectivity index (χ3n) is 17.6. The van der Waals surface area contributed by atoms with Crippen molar-refractivity contribution in [2.24, 2.45) is 0 Å². The molecule has 0 bridgehead atoms. The van der Waals surface area contributed by atoms with Crippen LogP contribution in [0.3, 0.4) is 0 Å². The molecule has 2 fully saturated rings. The van der Waals surface area contributed by atoms with E-state index in [9.17, 15) is 45.6 Å². The number of carbonyl (C=O) groups is 1. The lowest BCUT2D eigenvalue weighted by atomic mass is 9.97. The molecule has 2 rings (SSSR count). The van der Waals surface area contributed by atoms with Crippen molar-refractivity contribution in [3.63, 3.8) is 0 Å². The molecule has 0 spiro atoms. The number of aliphatic hydroxyl groups is 8. The monoisotopic (exact) mass is 1160 g/mol. The van der Waals surface area contributed by atoms with Gasteiger partial charge >= 0.3 is 0 Å². The number of amides is 1. The smallest absolute Gasteiger partial charge is 0.220 e. The summed E-state index contributed by atoms with van der Waals surface area (Å²) in [5.41, 5.74) is 0. The lowest BCUT2D eigenvalue weighted by molar-refractivity contribution is -0.359. The molecule has 0 aliphatic carbocycles. The maximum absolute atomic E-state index is 13.3. The van der Waals surface area contributed by atoms with Gasteiger partial charge in [-0.2, -0.15) is 0 Å². The molecular formula is C67H131NO13. The summed E-state index contributed by atoms with van der Waals surface area (Å²) in [6, 6.07) is -0.823. The van der Waals surface area contributed by atoms with E-state index in [0.717, 1.165) is 51.4 Å². The van der Waals surface area contributed by atoms with Gasteiger partial charge in [0.15, 0.2) is 12.6 Å². The topological polar surface area (TPSA) is 228 Å². The summed E-state index contributed by atoms with van der Waals surface area (Å²) >= 11 is 0. The average molecular weight is 1160 g/mol. The normalized spacial score (nSPS) is 24.0. The molecule has 14 nitrogen and oxygen atoms in total. The highest BCUT2D eigenvalue weighted by Gasteiger charge is 2.51. The first kappa shape index (κ1) is 76.1. The SMILES string of the molecule is CCCCCCCCCCCCCCCCCCCCCCCCCCCCCCCCCCC(O)C(COC1OC(CO)C(OC2OC(CO)C(O)C(O)C2O)C(O)C1O)NC(=O)CCCCCCCCCCCCCCCCC. The molecule has 0 radical (unpaired) electrons. The predicted molar refractivity (Wildman–Crippen MR) is 328 cm³/mol. The maximum atomic E-state index is 13.3. The first-order chi connectivity index (χ1) is 39.6. The van der Waals surface area contributed by atoms with Gasteiger partial charge in [0.1, 0.15) is 48.8 Å². The standard InChI is InChI=1S/C67H131NO13/c1-3-5-7-9-11-13-15-17-19-20-21-22-23-24-25-26-27-28-29-30-31-32-33-34-35-37-38-40-42-44-46-48-50-56(71)55(68-59(72)51-49-47-45-43-41-39-36-18-16-14-12-10-8-6-4-2)54-78-66-64(77)62(75)65(58(53-70)80-66)81-67-63(76)61(74)60(73)57(52-69)79-67/h55-58,60-67,69-71,73-77H,3-54H2,1-2H3,(H,68,72). The van der Waals surface area contributed by atoms with Crippen LogP contribution in [-0.4, -0.2) is 140 Å². The van der Waals surface area contributed by atoms with Crippen LogP contribution in [0.1, 0.15) is 328 Å². The third-order valence-corrected chi connectivity index (χ3v) is 17.6. The van der Waals surface area contributed by atoms with Crippen molar-refractivity contribution in [3.05, 3.63) is 0 Å². The van der Waals surface area contributed by atoms with Crippen molar-refractivity contribution in [2.75, 3.05) is 19.8 Å². The fourth-order valence-electron chi connectivity index (χ4n) is 12.0. The quantitative estimate of drug-likeness (QED) is 0.0259. The summed E-state index contributed by atoms with van der Waals surface area (Å²) in [6.07, 6.45) is 45.6. The lowest BCUT2D eigenvalue weighted by Crippen LogP contribution is -2.65. The molecule has 14 heteroatoms. The highest BCUT2D eigenvalue weighted by atomic mass is 16.7. The third kappa shape index (κ3) is 38.0. The summed E-state index contributed by atoms with van der Waals surface area (Å²) in [5.74, 6) is -0.199. The van der Waals surface area contributed by atoms with Gasteiger partial charge in [-0.1, -0.05) is 309 Å². The van der Waals surface area contributed by atoms with E-state index < -0.39 is 86.8 Å². The van der Waals surface area contributed by atoms with E-state index >= 15 is 0 Å². The molecular weight excluding hydrogens is 1030 g/mol. The molecule has 0 aromatic carbocycles. The van der Waals surface area contributed by atoms with Crippen LogP contribution in [0.5, 0.6) is 0 Å². The molecule has 12 atom stereocenters. The highest BCUT2D eigenvalue weighted by molar-refractivity contribution is 5.76. The fourth-order valence-corrected chi connectivity index (χ4v) is 12.0. The number of nitrogens with one attached hydrogen (secondary N) is 1. The summed E-state index contributed by atoms with van der Waals surface area (Å²) in [6.45, 7) is 2.91. The Hall–Kier alpha value is -1.01. The zero-order valence-corrected chi connectivity index (χ0v) is 52.3.